The van der Waals surface area contributed by atoms with Crippen LogP contribution in [0.2, 0.25) is 0 Å². The van der Waals surface area contributed by atoms with Crippen molar-refractivity contribution >= 4 is 16.7 Å². The van der Waals surface area contributed by atoms with E-state index in [-0.39, 0.29) is 0 Å². The van der Waals surface area contributed by atoms with E-state index in [9.17, 15) is 4.79 Å². The Balaban J connectivity index is 1.83. The summed E-state index contributed by atoms with van der Waals surface area (Å²) in [6.45, 7) is 0. The maximum Gasteiger partial charge on any atom is 0.335 e. The number of hydrogen-bond donors (Lipinski definition) is 1. The largest absolute Gasteiger partial charge is 0.490 e. The molecule has 1 aliphatic rings. The molecule has 1 saturated carbocycles. The molecule has 2 aromatic rings. The minimum Gasteiger partial charge on any atom is -0.490 e. The van der Waals surface area contributed by atoms with Crippen molar-refractivity contribution in [1.29, 1.82) is 0 Å². The second kappa shape index (κ2) is 5.53. The summed E-state index contributed by atoms with van der Waals surface area (Å²) in [5.41, 5.74) is 0.318. The fraction of sp³-hybridized carbons (Fsp3) is 0.353. The molecule has 20 heavy (non-hydrogen) atoms. The van der Waals surface area contributed by atoms with E-state index in [4.69, 9.17) is 9.84 Å². The molecule has 0 aliphatic heterocycles. The second-order valence-electron chi connectivity index (χ2n) is 5.41. The molecule has 0 radical (unpaired) electrons. The third-order valence-electron chi connectivity index (χ3n) is 3.91. The molecule has 104 valence electrons. The van der Waals surface area contributed by atoms with Crippen LogP contribution in [0.4, 0.5) is 0 Å². The number of benzene rings is 2. The zero-order chi connectivity index (χ0) is 13.9. The molecule has 0 saturated heterocycles. The van der Waals surface area contributed by atoms with E-state index in [2.05, 4.69) is 0 Å². The molecule has 0 bridgehead atoms. The Bertz CT molecular complexity index is 627. The molecule has 1 N–H and O–H groups in total. The Morgan fingerprint density at radius 3 is 2.45 bits per heavy atom. The van der Waals surface area contributed by atoms with Crippen LogP contribution in [0, 0.1) is 0 Å². The number of fused-ring (bicyclic) bond motifs is 1. The topological polar surface area (TPSA) is 46.5 Å². The van der Waals surface area contributed by atoms with Crippen molar-refractivity contribution < 1.29 is 14.6 Å². The van der Waals surface area contributed by atoms with Crippen molar-refractivity contribution in [1.82, 2.24) is 0 Å². The number of aromatic carboxylic acids is 1. The monoisotopic (exact) mass is 270 g/mol. The summed E-state index contributed by atoms with van der Waals surface area (Å²) in [7, 11) is 0. The molecule has 3 nitrogen and oxygen atoms in total. The number of carboxylic acid groups (broad SMARTS) is 1. The standard InChI is InChI=1S/C17H18O3/c18-17(19)14-7-6-13-11-16(9-8-12(13)10-14)20-15-4-2-1-3-5-15/h6-11,15H,1-5H2,(H,18,19). The minimum atomic E-state index is -0.894. The van der Waals surface area contributed by atoms with Crippen molar-refractivity contribution in [2.75, 3.05) is 0 Å². The van der Waals surface area contributed by atoms with Crippen LogP contribution in [0.1, 0.15) is 42.5 Å². The van der Waals surface area contributed by atoms with E-state index in [1.807, 2.05) is 24.3 Å². The number of carbonyl (C=O) groups is 1. The first-order chi connectivity index (χ1) is 9.72. The van der Waals surface area contributed by atoms with Gasteiger partial charge in [0, 0.05) is 0 Å². The molecule has 0 amide bonds. The van der Waals surface area contributed by atoms with Crippen molar-refractivity contribution in [3.63, 3.8) is 0 Å². The Morgan fingerprint density at radius 2 is 1.70 bits per heavy atom. The highest BCUT2D eigenvalue weighted by atomic mass is 16.5. The summed E-state index contributed by atoms with van der Waals surface area (Å²) in [6.07, 6.45) is 6.42. The van der Waals surface area contributed by atoms with Crippen LogP contribution in [0.3, 0.4) is 0 Å². The van der Waals surface area contributed by atoms with E-state index < -0.39 is 5.97 Å². The van der Waals surface area contributed by atoms with Gasteiger partial charge in [0.2, 0.25) is 0 Å². The summed E-state index contributed by atoms with van der Waals surface area (Å²) in [5, 5.41) is 10.9. The molecule has 1 aliphatic carbocycles. The first-order valence-electron chi connectivity index (χ1n) is 7.16. The summed E-state index contributed by atoms with van der Waals surface area (Å²) in [5.74, 6) is -0.0121. The Morgan fingerprint density at radius 1 is 1.00 bits per heavy atom. The van der Waals surface area contributed by atoms with Gasteiger partial charge in [0.05, 0.1) is 11.7 Å². The van der Waals surface area contributed by atoms with Crippen molar-refractivity contribution in [2.24, 2.45) is 0 Å². The maximum absolute atomic E-state index is 10.9. The van der Waals surface area contributed by atoms with E-state index >= 15 is 0 Å². The molecule has 0 unspecified atom stereocenters. The van der Waals surface area contributed by atoms with Gasteiger partial charge in [-0.25, -0.2) is 4.79 Å². The maximum atomic E-state index is 10.9. The van der Waals surface area contributed by atoms with Crippen LogP contribution in [0.5, 0.6) is 5.75 Å². The fourth-order valence-electron chi connectivity index (χ4n) is 2.81. The summed E-state index contributed by atoms with van der Waals surface area (Å²) >= 11 is 0. The van der Waals surface area contributed by atoms with E-state index in [1.165, 1.54) is 19.3 Å². The van der Waals surface area contributed by atoms with E-state index in [1.54, 1.807) is 12.1 Å². The first-order valence-corrected chi connectivity index (χ1v) is 7.16. The Hall–Kier alpha value is -2.03. The van der Waals surface area contributed by atoms with Gasteiger partial charge in [-0.2, -0.15) is 0 Å². The van der Waals surface area contributed by atoms with Crippen LogP contribution < -0.4 is 4.74 Å². The molecule has 0 heterocycles. The molecule has 3 rings (SSSR count). The Labute approximate surface area is 118 Å². The first kappa shape index (κ1) is 13.0. The molecule has 1 fully saturated rings. The summed E-state index contributed by atoms with van der Waals surface area (Å²) in [4.78, 5) is 10.9. The highest BCUT2D eigenvalue weighted by Gasteiger charge is 2.15. The zero-order valence-electron chi connectivity index (χ0n) is 11.3. The molecular weight excluding hydrogens is 252 g/mol. The normalized spacial score (nSPS) is 16.2. The van der Waals surface area contributed by atoms with E-state index in [0.717, 1.165) is 29.4 Å². The van der Waals surface area contributed by atoms with Gasteiger partial charge in [0.15, 0.2) is 0 Å². The van der Waals surface area contributed by atoms with Crippen molar-refractivity contribution in [3.05, 3.63) is 42.0 Å². The molecular formula is C17H18O3. The SMILES string of the molecule is O=C(O)c1ccc2cc(OC3CCCCC3)ccc2c1. The highest BCUT2D eigenvalue weighted by molar-refractivity contribution is 5.94. The minimum absolute atomic E-state index is 0.318. The average Bonchev–Trinajstić information content (AvgIpc) is 2.47. The van der Waals surface area contributed by atoms with Crippen LogP contribution in [0.25, 0.3) is 10.8 Å². The zero-order valence-corrected chi connectivity index (χ0v) is 11.3. The van der Waals surface area contributed by atoms with Gasteiger partial charge in [0.1, 0.15) is 5.75 Å². The second-order valence-corrected chi connectivity index (χ2v) is 5.41. The van der Waals surface area contributed by atoms with Gasteiger partial charge in [-0.15, -0.1) is 0 Å². The fourth-order valence-corrected chi connectivity index (χ4v) is 2.81. The number of hydrogen-bond acceptors (Lipinski definition) is 2. The molecule has 0 spiro atoms. The average molecular weight is 270 g/mol. The highest BCUT2D eigenvalue weighted by Crippen LogP contribution is 2.26. The quantitative estimate of drug-likeness (QED) is 0.907. The number of carboxylic acids is 1. The number of ether oxygens (including phenoxy) is 1. The van der Waals surface area contributed by atoms with Crippen LogP contribution in [0.15, 0.2) is 36.4 Å². The van der Waals surface area contributed by atoms with Gasteiger partial charge >= 0.3 is 5.97 Å². The predicted molar refractivity (Wildman–Crippen MR) is 78.4 cm³/mol. The van der Waals surface area contributed by atoms with Gasteiger partial charge in [0.25, 0.3) is 0 Å². The van der Waals surface area contributed by atoms with Gasteiger partial charge in [-0.3, -0.25) is 0 Å². The third-order valence-corrected chi connectivity index (χ3v) is 3.91. The third kappa shape index (κ3) is 2.77. The lowest BCUT2D eigenvalue weighted by molar-refractivity contribution is 0.0697. The summed E-state index contributed by atoms with van der Waals surface area (Å²) in [6, 6.07) is 11.0. The Kier molecular flexibility index (Phi) is 3.59. The summed E-state index contributed by atoms with van der Waals surface area (Å²) < 4.78 is 6.02. The molecule has 0 atom stereocenters. The van der Waals surface area contributed by atoms with Crippen LogP contribution in [-0.4, -0.2) is 17.2 Å². The van der Waals surface area contributed by atoms with E-state index in [0.29, 0.717) is 11.7 Å². The van der Waals surface area contributed by atoms with Gasteiger partial charge < -0.3 is 9.84 Å². The predicted octanol–water partition coefficient (Wildman–Crippen LogP) is 4.25. The van der Waals surface area contributed by atoms with Crippen molar-refractivity contribution in [3.8, 4) is 5.75 Å². The lowest BCUT2D eigenvalue weighted by atomic mass is 9.98. The lowest BCUT2D eigenvalue weighted by Crippen LogP contribution is -2.19. The number of rotatable bonds is 3. The molecule has 2 aromatic carbocycles. The van der Waals surface area contributed by atoms with Crippen LogP contribution >= 0.6 is 0 Å². The van der Waals surface area contributed by atoms with Crippen LogP contribution in [-0.2, 0) is 0 Å². The molecule has 3 heteroatoms. The van der Waals surface area contributed by atoms with Gasteiger partial charge in [-0.05, 0) is 60.7 Å². The molecule has 0 aromatic heterocycles. The lowest BCUT2D eigenvalue weighted by Gasteiger charge is -2.23. The van der Waals surface area contributed by atoms with Gasteiger partial charge in [-0.1, -0.05) is 18.6 Å². The smallest absolute Gasteiger partial charge is 0.335 e. The van der Waals surface area contributed by atoms with Crippen molar-refractivity contribution in [2.45, 2.75) is 38.2 Å².